The Balaban J connectivity index is 2.26. The fraction of sp³-hybridized carbons (Fsp3) is 0.364. The molecule has 0 aromatic heterocycles. The summed E-state index contributed by atoms with van der Waals surface area (Å²) in [4.78, 5) is 25.7. The van der Waals surface area contributed by atoms with Gasteiger partial charge in [-0.3, -0.25) is 9.59 Å². The minimum Gasteiger partial charge on any atom is -0.493 e. The van der Waals surface area contributed by atoms with Crippen molar-refractivity contribution in [1.82, 2.24) is 0 Å². The summed E-state index contributed by atoms with van der Waals surface area (Å²) in [5.74, 6) is -0.651. The smallest absolute Gasteiger partial charge is 0.316 e. The van der Waals surface area contributed by atoms with Crippen molar-refractivity contribution in [3.63, 3.8) is 0 Å². The number of hydrogen-bond donors (Lipinski definition) is 0. The summed E-state index contributed by atoms with van der Waals surface area (Å²) in [7, 11) is 4.55. The molecule has 2 atom stereocenters. The lowest BCUT2D eigenvalue weighted by Gasteiger charge is -2.32. The van der Waals surface area contributed by atoms with Crippen LogP contribution >= 0.6 is 0 Å². The number of fused-ring (bicyclic) bond motifs is 1. The number of methoxy groups -OCH3 is 3. The number of rotatable bonds is 6. The van der Waals surface area contributed by atoms with E-state index in [-0.39, 0.29) is 18.3 Å². The number of carbonyl (C=O) groups excluding carboxylic acids is 2. The Morgan fingerprint density at radius 1 is 1.04 bits per heavy atom. The SMILES string of the molecule is CCOC(=O)C1CC(c2ccccc2)c2c(cc(OC)c(OC)c2OC)C1=O. The number of ether oxygens (including phenoxy) is 4. The quantitative estimate of drug-likeness (QED) is 0.560. The molecule has 3 rings (SSSR count). The molecule has 0 radical (unpaired) electrons. The number of hydrogen-bond acceptors (Lipinski definition) is 6. The second-order valence-electron chi connectivity index (χ2n) is 6.47. The second-order valence-corrected chi connectivity index (χ2v) is 6.47. The zero-order valence-electron chi connectivity index (χ0n) is 16.5. The van der Waals surface area contributed by atoms with E-state index in [1.165, 1.54) is 21.3 Å². The maximum absolute atomic E-state index is 13.2. The van der Waals surface area contributed by atoms with Crippen LogP contribution in [0.15, 0.2) is 36.4 Å². The molecule has 0 saturated carbocycles. The fourth-order valence-corrected chi connectivity index (χ4v) is 3.81. The maximum Gasteiger partial charge on any atom is 0.316 e. The van der Waals surface area contributed by atoms with Gasteiger partial charge < -0.3 is 18.9 Å². The predicted molar refractivity (Wildman–Crippen MR) is 103 cm³/mol. The summed E-state index contributed by atoms with van der Waals surface area (Å²) in [5.41, 5.74) is 2.08. The number of carbonyl (C=O) groups is 2. The third-order valence-electron chi connectivity index (χ3n) is 5.04. The first-order valence-corrected chi connectivity index (χ1v) is 9.15. The summed E-state index contributed by atoms with van der Waals surface area (Å²) in [6.45, 7) is 1.95. The number of benzene rings is 2. The molecule has 0 bridgehead atoms. The second kappa shape index (κ2) is 8.33. The van der Waals surface area contributed by atoms with Crippen LogP contribution in [0.1, 0.15) is 40.7 Å². The number of Topliss-reactive ketones (excluding diaryl/α,β-unsaturated/α-hetero) is 1. The van der Waals surface area contributed by atoms with Crippen LogP contribution in [0.25, 0.3) is 0 Å². The first-order chi connectivity index (χ1) is 13.6. The predicted octanol–water partition coefficient (Wildman–Crippen LogP) is 3.61. The molecule has 0 aliphatic heterocycles. The van der Waals surface area contributed by atoms with E-state index in [2.05, 4.69) is 0 Å². The molecule has 0 spiro atoms. The highest BCUT2D eigenvalue weighted by Crippen LogP contribution is 2.51. The van der Waals surface area contributed by atoms with Crippen molar-refractivity contribution in [3.8, 4) is 17.2 Å². The molecule has 1 aliphatic rings. The molecule has 2 aromatic rings. The van der Waals surface area contributed by atoms with Crippen LogP contribution in [0, 0.1) is 5.92 Å². The van der Waals surface area contributed by atoms with E-state index in [9.17, 15) is 9.59 Å². The van der Waals surface area contributed by atoms with E-state index in [0.29, 0.717) is 34.8 Å². The van der Waals surface area contributed by atoms with Gasteiger partial charge in [0.1, 0.15) is 5.92 Å². The van der Waals surface area contributed by atoms with Gasteiger partial charge in [-0.15, -0.1) is 0 Å². The molecule has 0 heterocycles. The van der Waals surface area contributed by atoms with Crippen LogP contribution in [0.5, 0.6) is 17.2 Å². The molecule has 0 amide bonds. The van der Waals surface area contributed by atoms with Crippen molar-refractivity contribution in [2.45, 2.75) is 19.3 Å². The van der Waals surface area contributed by atoms with Crippen LogP contribution < -0.4 is 14.2 Å². The van der Waals surface area contributed by atoms with Gasteiger partial charge in [0.2, 0.25) is 5.75 Å². The molecular weight excluding hydrogens is 360 g/mol. The lowest BCUT2D eigenvalue weighted by atomic mass is 9.72. The van der Waals surface area contributed by atoms with E-state index in [1.807, 2.05) is 30.3 Å². The Hall–Kier alpha value is -3.02. The van der Waals surface area contributed by atoms with Crippen LogP contribution in [0.3, 0.4) is 0 Å². The highest BCUT2D eigenvalue weighted by Gasteiger charge is 2.42. The first kappa shape index (κ1) is 19.7. The average molecular weight is 384 g/mol. The van der Waals surface area contributed by atoms with Crippen molar-refractivity contribution >= 4 is 11.8 Å². The van der Waals surface area contributed by atoms with Gasteiger partial charge in [0.05, 0.1) is 27.9 Å². The van der Waals surface area contributed by atoms with Crippen molar-refractivity contribution < 1.29 is 28.5 Å². The molecule has 0 N–H and O–H groups in total. The van der Waals surface area contributed by atoms with Crippen molar-refractivity contribution in [2.75, 3.05) is 27.9 Å². The highest BCUT2D eigenvalue weighted by molar-refractivity contribution is 6.11. The van der Waals surface area contributed by atoms with Gasteiger partial charge in [0.25, 0.3) is 0 Å². The van der Waals surface area contributed by atoms with Gasteiger partial charge >= 0.3 is 5.97 Å². The third-order valence-corrected chi connectivity index (χ3v) is 5.04. The molecule has 6 nitrogen and oxygen atoms in total. The van der Waals surface area contributed by atoms with Crippen molar-refractivity contribution in [2.24, 2.45) is 5.92 Å². The Labute approximate surface area is 164 Å². The highest BCUT2D eigenvalue weighted by atomic mass is 16.5. The summed E-state index contributed by atoms with van der Waals surface area (Å²) in [6, 6.07) is 11.4. The Morgan fingerprint density at radius 3 is 2.29 bits per heavy atom. The van der Waals surface area contributed by atoms with Gasteiger partial charge in [-0.05, 0) is 25.0 Å². The van der Waals surface area contributed by atoms with Gasteiger partial charge in [-0.1, -0.05) is 30.3 Å². The molecule has 0 fully saturated rings. The van der Waals surface area contributed by atoms with Crippen LogP contribution in [-0.2, 0) is 9.53 Å². The minimum atomic E-state index is -0.875. The van der Waals surface area contributed by atoms with Crippen molar-refractivity contribution in [1.29, 1.82) is 0 Å². The van der Waals surface area contributed by atoms with Gasteiger partial charge in [-0.25, -0.2) is 0 Å². The van der Waals surface area contributed by atoms with Gasteiger partial charge in [0, 0.05) is 17.0 Å². The van der Waals surface area contributed by atoms with E-state index in [0.717, 1.165) is 5.56 Å². The van der Waals surface area contributed by atoms with Crippen LogP contribution in [0.4, 0.5) is 0 Å². The third kappa shape index (κ3) is 3.30. The van der Waals surface area contributed by atoms with E-state index in [1.54, 1.807) is 13.0 Å². The summed E-state index contributed by atoms with van der Waals surface area (Å²) in [5, 5.41) is 0. The van der Waals surface area contributed by atoms with E-state index in [4.69, 9.17) is 18.9 Å². The first-order valence-electron chi connectivity index (χ1n) is 9.15. The minimum absolute atomic E-state index is 0.223. The normalized spacial score (nSPS) is 18.2. The molecular formula is C22H24O6. The standard InChI is InChI=1S/C22H24O6/c1-5-28-22(24)16-11-14(13-9-7-6-8-10-13)18-15(19(16)23)12-17(25-2)20(26-3)21(18)27-4/h6-10,12,14,16H,5,11H2,1-4H3. The van der Waals surface area contributed by atoms with Gasteiger partial charge in [-0.2, -0.15) is 0 Å². The zero-order chi connectivity index (χ0) is 20.3. The molecule has 1 aliphatic carbocycles. The molecule has 148 valence electrons. The molecule has 6 heteroatoms. The lowest BCUT2D eigenvalue weighted by Crippen LogP contribution is -2.33. The number of ketones is 1. The maximum atomic E-state index is 13.2. The average Bonchev–Trinajstić information content (AvgIpc) is 2.73. The molecule has 28 heavy (non-hydrogen) atoms. The lowest BCUT2D eigenvalue weighted by molar-refractivity contribution is -0.146. The van der Waals surface area contributed by atoms with E-state index < -0.39 is 11.9 Å². The Bertz CT molecular complexity index is 874. The largest absolute Gasteiger partial charge is 0.493 e. The monoisotopic (exact) mass is 384 g/mol. The molecule has 2 unspecified atom stereocenters. The molecule has 0 saturated heterocycles. The number of esters is 1. The summed E-state index contributed by atoms with van der Waals surface area (Å²) < 4.78 is 21.7. The Morgan fingerprint density at radius 2 is 1.71 bits per heavy atom. The van der Waals surface area contributed by atoms with E-state index >= 15 is 0 Å². The molecule has 2 aromatic carbocycles. The van der Waals surface area contributed by atoms with Crippen LogP contribution in [0.2, 0.25) is 0 Å². The van der Waals surface area contributed by atoms with Crippen molar-refractivity contribution in [3.05, 3.63) is 53.1 Å². The zero-order valence-corrected chi connectivity index (χ0v) is 16.5. The summed E-state index contributed by atoms with van der Waals surface area (Å²) in [6.07, 6.45) is 0.306. The Kier molecular flexibility index (Phi) is 5.87. The summed E-state index contributed by atoms with van der Waals surface area (Å²) >= 11 is 0. The topological polar surface area (TPSA) is 71.1 Å². The van der Waals surface area contributed by atoms with Gasteiger partial charge in [0.15, 0.2) is 17.3 Å². The fourth-order valence-electron chi connectivity index (χ4n) is 3.81. The van der Waals surface area contributed by atoms with Crippen LogP contribution in [-0.4, -0.2) is 39.7 Å².